The second-order valence-electron chi connectivity index (χ2n) is 4.32. The summed E-state index contributed by atoms with van der Waals surface area (Å²) < 4.78 is 45.2. The first kappa shape index (κ1) is 13.1. The van der Waals surface area contributed by atoms with Crippen LogP contribution < -0.4 is 9.47 Å². The SMILES string of the molecule is CCOc1cc2c(cc1CS(=O)(=O)F)OC(C)C2. The highest BCUT2D eigenvalue weighted by Gasteiger charge is 2.23. The molecule has 1 aromatic rings. The molecule has 0 aromatic heterocycles. The van der Waals surface area contributed by atoms with Gasteiger partial charge in [0, 0.05) is 17.5 Å². The Hall–Kier alpha value is -1.30. The first-order valence-corrected chi connectivity index (χ1v) is 7.32. The molecule has 1 aliphatic heterocycles. The first-order chi connectivity index (χ1) is 8.39. The lowest BCUT2D eigenvalue weighted by Gasteiger charge is -2.11. The van der Waals surface area contributed by atoms with E-state index in [1.807, 2.05) is 6.92 Å². The van der Waals surface area contributed by atoms with Crippen LogP contribution in [0.15, 0.2) is 12.1 Å². The third kappa shape index (κ3) is 2.93. The van der Waals surface area contributed by atoms with E-state index in [1.54, 1.807) is 19.1 Å². The molecule has 1 atom stereocenters. The zero-order valence-electron chi connectivity index (χ0n) is 10.3. The van der Waals surface area contributed by atoms with Crippen LogP contribution in [-0.2, 0) is 22.4 Å². The van der Waals surface area contributed by atoms with E-state index in [1.165, 1.54) is 0 Å². The number of rotatable bonds is 4. The third-order valence-electron chi connectivity index (χ3n) is 2.71. The van der Waals surface area contributed by atoms with E-state index in [0.717, 1.165) is 12.0 Å². The molecule has 4 nitrogen and oxygen atoms in total. The lowest BCUT2D eigenvalue weighted by Crippen LogP contribution is -2.05. The van der Waals surface area contributed by atoms with Crippen molar-refractivity contribution in [2.45, 2.75) is 32.1 Å². The maximum atomic E-state index is 12.8. The van der Waals surface area contributed by atoms with E-state index in [9.17, 15) is 12.3 Å². The highest BCUT2D eigenvalue weighted by molar-refractivity contribution is 7.85. The molecular formula is C12H15FO4S. The number of ether oxygens (including phenoxy) is 2. The van der Waals surface area contributed by atoms with Crippen molar-refractivity contribution in [2.24, 2.45) is 0 Å². The molecule has 0 N–H and O–H groups in total. The van der Waals surface area contributed by atoms with Gasteiger partial charge in [-0.2, -0.15) is 8.42 Å². The molecule has 1 aromatic carbocycles. The van der Waals surface area contributed by atoms with E-state index in [2.05, 4.69) is 0 Å². The molecule has 6 heteroatoms. The van der Waals surface area contributed by atoms with Crippen LogP contribution in [0, 0.1) is 0 Å². The molecule has 1 unspecified atom stereocenters. The molecular weight excluding hydrogens is 259 g/mol. The maximum absolute atomic E-state index is 12.8. The van der Waals surface area contributed by atoms with Crippen molar-refractivity contribution >= 4 is 10.2 Å². The van der Waals surface area contributed by atoms with E-state index in [0.29, 0.717) is 23.7 Å². The normalized spacial score (nSPS) is 18.3. The number of fused-ring (bicyclic) bond motifs is 1. The standard InChI is InChI=1S/C12H15FO4S/c1-3-16-11-5-9-4-8(2)17-12(9)6-10(11)7-18(13,14)15/h5-6,8H,3-4,7H2,1-2H3. The van der Waals surface area contributed by atoms with Gasteiger partial charge in [-0.25, -0.2) is 0 Å². The highest BCUT2D eigenvalue weighted by Crippen LogP contribution is 2.36. The Balaban J connectivity index is 2.41. The molecule has 100 valence electrons. The summed E-state index contributed by atoms with van der Waals surface area (Å²) in [5.41, 5.74) is 1.26. The largest absolute Gasteiger partial charge is 0.494 e. The van der Waals surface area contributed by atoms with Gasteiger partial charge in [0.15, 0.2) is 0 Å². The topological polar surface area (TPSA) is 52.6 Å². The van der Waals surface area contributed by atoms with Gasteiger partial charge in [-0.15, -0.1) is 3.89 Å². The lowest BCUT2D eigenvalue weighted by atomic mass is 10.1. The van der Waals surface area contributed by atoms with Gasteiger partial charge >= 0.3 is 10.2 Å². The second-order valence-corrected chi connectivity index (χ2v) is 5.68. The van der Waals surface area contributed by atoms with Gasteiger partial charge in [0.25, 0.3) is 0 Å². The first-order valence-electron chi connectivity index (χ1n) is 5.76. The highest BCUT2D eigenvalue weighted by atomic mass is 32.3. The minimum atomic E-state index is -4.58. The minimum absolute atomic E-state index is 0.0479. The molecule has 0 saturated carbocycles. The summed E-state index contributed by atoms with van der Waals surface area (Å²) in [5, 5.41) is 0. The van der Waals surface area contributed by atoms with Crippen molar-refractivity contribution < 1.29 is 21.8 Å². The van der Waals surface area contributed by atoms with E-state index >= 15 is 0 Å². The fourth-order valence-corrected chi connectivity index (χ4v) is 2.67. The van der Waals surface area contributed by atoms with Crippen LogP contribution in [0.25, 0.3) is 0 Å². The van der Waals surface area contributed by atoms with Crippen LogP contribution in [0.2, 0.25) is 0 Å². The number of hydrogen-bond donors (Lipinski definition) is 0. The van der Waals surface area contributed by atoms with Crippen LogP contribution >= 0.6 is 0 Å². The Labute approximate surface area is 106 Å². The molecule has 0 radical (unpaired) electrons. The average Bonchev–Trinajstić information content (AvgIpc) is 2.56. The van der Waals surface area contributed by atoms with E-state index in [-0.39, 0.29) is 6.10 Å². The Bertz CT molecular complexity index is 553. The molecule has 0 bridgehead atoms. The summed E-state index contributed by atoms with van der Waals surface area (Å²) in [6.07, 6.45) is 0.796. The molecule has 1 heterocycles. The van der Waals surface area contributed by atoms with Crippen LogP contribution in [0.3, 0.4) is 0 Å². The lowest BCUT2D eigenvalue weighted by molar-refractivity contribution is 0.254. The van der Waals surface area contributed by atoms with Gasteiger partial charge < -0.3 is 9.47 Å². The van der Waals surface area contributed by atoms with Gasteiger partial charge in [0.1, 0.15) is 23.4 Å². The summed E-state index contributed by atoms with van der Waals surface area (Å²) in [5.74, 6) is 0.340. The summed E-state index contributed by atoms with van der Waals surface area (Å²) in [4.78, 5) is 0. The summed E-state index contributed by atoms with van der Waals surface area (Å²) in [7, 11) is -4.58. The molecule has 1 aliphatic rings. The number of benzene rings is 1. The number of hydrogen-bond acceptors (Lipinski definition) is 4. The zero-order chi connectivity index (χ0) is 13.3. The second kappa shape index (κ2) is 4.76. The fourth-order valence-electron chi connectivity index (χ4n) is 2.07. The Morgan fingerprint density at radius 2 is 2.22 bits per heavy atom. The van der Waals surface area contributed by atoms with Crippen molar-refractivity contribution in [2.75, 3.05) is 6.61 Å². The molecule has 18 heavy (non-hydrogen) atoms. The van der Waals surface area contributed by atoms with Crippen LogP contribution in [0.4, 0.5) is 3.89 Å². The maximum Gasteiger partial charge on any atom is 0.306 e. The fraction of sp³-hybridized carbons (Fsp3) is 0.500. The van der Waals surface area contributed by atoms with Crippen LogP contribution in [0.5, 0.6) is 11.5 Å². The van der Waals surface area contributed by atoms with Crippen LogP contribution in [0.1, 0.15) is 25.0 Å². The van der Waals surface area contributed by atoms with Gasteiger partial charge in [-0.1, -0.05) is 0 Å². The predicted octanol–water partition coefficient (Wildman–Crippen LogP) is 2.21. The molecule has 0 saturated heterocycles. The Morgan fingerprint density at radius 1 is 1.50 bits per heavy atom. The van der Waals surface area contributed by atoms with Crippen molar-refractivity contribution in [3.05, 3.63) is 23.3 Å². The van der Waals surface area contributed by atoms with Gasteiger partial charge in [-0.3, -0.25) is 0 Å². The zero-order valence-corrected chi connectivity index (χ0v) is 11.1. The van der Waals surface area contributed by atoms with Gasteiger partial charge in [0.05, 0.1) is 6.61 Å². The summed E-state index contributed by atoms with van der Waals surface area (Å²) in [6.45, 7) is 4.11. The van der Waals surface area contributed by atoms with E-state index < -0.39 is 16.0 Å². The predicted molar refractivity (Wildman–Crippen MR) is 65.1 cm³/mol. The molecule has 0 amide bonds. The molecule has 0 spiro atoms. The molecule has 0 fully saturated rings. The van der Waals surface area contributed by atoms with Crippen molar-refractivity contribution in [3.63, 3.8) is 0 Å². The minimum Gasteiger partial charge on any atom is -0.494 e. The summed E-state index contributed by atoms with van der Waals surface area (Å²) in [6, 6.07) is 3.30. The van der Waals surface area contributed by atoms with Crippen LogP contribution in [-0.4, -0.2) is 21.1 Å². The summed E-state index contributed by atoms with van der Waals surface area (Å²) >= 11 is 0. The monoisotopic (exact) mass is 274 g/mol. The average molecular weight is 274 g/mol. The van der Waals surface area contributed by atoms with Crippen molar-refractivity contribution in [1.82, 2.24) is 0 Å². The molecule has 2 rings (SSSR count). The van der Waals surface area contributed by atoms with Crippen molar-refractivity contribution in [3.8, 4) is 11.5 Å². The third-order valence-corrected chi connectivity index (χ3v) is 3.36. The Kier molecular flexibility index (Phi) is 3.47. The Morgan fingerprint density at radius 3 is 2.83 bits per heavy atom. The van der Waals surface area contributed by atoms with Gasteiger partial charge in [-0.05, 0) is 26.0 Å². The quantitative estimate of drug-likeness (QED) is 0.790. The molecule has 0 aliphatic carbocycles. The smallest absolute Gasteiger partial charge is 0.306 e. The van der Waals surface area contributed by atoms with E-state index in [4.69, 9.17) is 9.47 Å². The number of halogens is 1. The van der Waals surface area contributed by atoms with Gasteiger partial charge in [0.2, 0.25) is 0 Å². The van der Waals surface area contributed by atoms with Crippen molar-refractivity contribution in [1.29, 1.82) is 0 Å².